The molecule has 29 heavy (non-hydrogen) atoms. The summed E-state index contributed by atoms with van der Waals surface area (Å²) in [7, 11) is 0. The maximum absolute atomic E-state index is 12.3. The van der Waals surface area contributed by atoms with Gasteiger partial charge in [-0.2, -0.15) is 4.98 Å². The smallest absolute Gasteiger partial charge is 0.338 e. The Balaban J connectivity index is 1.34. The van der Waals surface area contributed by atoms with Crippen LogP contribution in [-0.4, -0.2) is 29.3 Å². The number of rotatable bonds is 6. The molecule has 2 aromatic carbocycles. The van der Waals surface area contributed by atoms with Crippen molar-refractivity contribution in [1.29, 1.82) is 0 Å². The number of hydrogen-bond acceptors (Lipinski definition) is 8. The zero-order valence-electron chi connectivity index (χ0n) is 15.5. The number of hydrogen-bond donors (Lipinski definition) is 0. The van der Waals surface area contributed by atoms with Gasteiger partial charge in [-0.25, -0.2) is 4.79 Å². The van der Waals surface area contributed by atoms with Crippen molar-refractivity contribution in [3.63, 3.8) is 0 Å². The van der Waals surface area contributed by atoms with E-state index < -0.39 is 5.97 Å². The Morgan fingerprint density at radius 3 is 2.52 bits per heavy atom. The van der Waals surface area contributed by atoms with Crippen LogP contribution < -0.4 is 14.2 Å². The Bertz CT molecular complexity index is 1020. The highest BCUT2D eigenvalue weighted by Gasteiger charge is 2.16. The largest absolute Gasteiger partial charge is 0.486 e. The van der Waals surface area contributed by atoms with E-state index in [1.54, 1.807) is 31.2 Å². The van der Waals surface area contributed by atoms with Gasteiger partial charge in [0.1, 0.15) is 25.6 Å². The van der Waals surface area contributed by atoms with E-state index in [1.165, 1.54) is 0 Å². The Labute approximate surface area is 174 Å². The van der Waals surface area contributed by atoms with Crippen molar-refractivity contribution in [3.05, 3.63) is 63.7 Å². The van der Waals surface area contributed by atoms with Crippen molar-refractivity contribution in [3.8, 4) is 17.2 Å². The van der Waals surface area contributed by atoms with Gasteiger partial charge >= 0.3 is 5.97 Å². The summed E-state index contributed by atoms with van der Waals surface area (Å²) in [6.07, 6.45) is 0. The third-order valence-electron chi connectivity index (χ3n) is 4.10. The fourth-order valence-corrected chi connectivity index (χ4v) is 3.12. The maximum Gasteiger partial charge on any atom is 0.338 e. The summed E-state index contributed by atoms with van der Waals surface area (Å²) < 4.78 is 27.8. The zero-order chi connectivity index (χ0) is 20.2. The molecular weight excluding hydrogens is 444 g/mol. The van der Waals surface area contributed by atoms with E-state index in [2.05, 4.69) is 26.1 Å². The van der Waals surface area contributed by atoms with E-state index in [9.17, 15) is 4.79 Å². The summed E-state index contributed by atoms with van der Waals surface area (Å²) in [5.74, 6) is 2.39. The predicted octanol–water partition coefficient (Wildman–Crippen LogP) is 3.85. The highest BCUT2D eigenvalue weighted by atomic mass is 79.9. The molecule has 1 aliphatic rings. The van der Waals surface area contributed by atoms with Gasteiger partial charge in [-0.3, -0.25) is 0 Å². The third kappa shape index (κ3) is 4.68. The topological polar surface area (TPSA) is 92.9 Å². The molecule has 0 spiro atoms. The van der Waals surface area contributed by atoms with Crippen molar-refractivity contribution < 1.29 is 28.3 Å². The molecule has 150 valence electrons. The van der Waals surface area contributed by atoms with Crippen molar-refractivity contribution >= 4 is 21.9 Å². The van der Waals surface area contributed by atoms with E-state index in [0.29, 0.717) is 47.7 Å². The number of halogens is 1. The van der Waals surface area contributed by atoms with Crippen LogP contribution in [0.1, 0.15) is 27.6 Å². The molecular formula is C20H17BrN2O6. The van der Waals surface area contributed by atoms with Gasteiger partial charge in [0, 0.05) is 17.0 Å². The number of carbonyl (C=O) groups excluding carboxylic acids is 1. The standard InChI is InChI=1S/C20H17BrN2O6/c1-12-22-19(23-29-12)11-27-15-4-2-13(3-5-15)20(24)28-10-14-8-17-18(9-16(14)21)26-7-6-25-17/h2-5,8-9H,6-7,10-11H2,1H3. The van der Waals surface area contributed by atoms with Crippen LogP contribution >= 0.6 is 15.9 Å². The minimum absolute atomic E-state index is 0.103. The average Bonchev–Trinajstić information content (AvgIpc) is 3.16. The fraction of sp³-hybridized carbons (Fsp3) is 0.250. The molecule has 0 saturated carbocycles. The summed E-state index contributed by atoms with van der Waals surface area (Å²) in [6.45, 7) is 3.00. The predicted molar refractivity (Wildman–Crippen MR) is 104 cm³/mol. The number of ether oxygens (including phenoxy) is 4. The van der Waals surface area contributed by atoms with Gasteiger partial charge in [0.15, 0.2) is 18.1 Å². The first-order valence-corrected chi connectivity index (χ1v) is 9.65. The quantitative estimate of drug-likeness (QED) is 0.512. The van der Waals surface area contributed by atoms with Gasteiger partial charge < -0.3 is 23.5 Å². The molecule has 0 amide bonds. The molecule has 9 heteroatoms. The van der Waals surface area contributed by atoms with E-state index >= 15 is 0 Å². The lowest BCUT2D eigenvalue weighted by atomic mass is 10.2. The minimum Gasteiger partial charge on any atom is -0.486 e. The minimum atomic E-state index is -0.438. The monoisotopic (exact) mass is 460 g/mol. The Kier molecular flexibility index (Phi) is 5.66. The van der Waals surface area contributed by atoms with Crippen LogP contribution in [-0.2, 0) is 18.0 Å². The maximum atomic E-state index is 12.3. The van der Waals surface area contributed by atoms with Crippen molar-refractivity contribution in [2.45, 2.75) is 20.1 Å². The molecule has 0 saturated heterocycles. The highest BCUT2D eigenvalue weighted by Crippen LogP contribution is 2.35. The van der Waals surface area contributed by atoms with Gasteiger partial charge in [-0.15, -0.1) is 0 Å². The Hall–Kier alpha value is -3.07. The highest BCUT2D eigenvalue weighted by molar-refractivity contribution is 9.10. The third-order valence-corrected chi connectivity index (χ3v) is 4.84. The fourth-order valence-electron chi connectivity index (χ4n) is 2.68. The summed E-state index contributed by atoms with van der Waals surface area (Å²) >= 11 is 3.47. The molecule has 8 nitrogen and oxygen atoms in total. The molecule has 0 atom stereocenters. The van der Waals surface area contributed by atoms with Crippen LogP contribution in [0.5, 0.6) is 17.2 Å². The summed E-state index contributed by atoms with van der Waals surface area (Å²) in [4.78, 5) is 16.4. The second-order valence-electron chi connectivity index (χ2n) is 6.21. The van der Waals surface area contributed by atoms with Crippen LogP contribution in [0.4, 0.5) is 0 Å². The molecule has 0 unspecified atom stereocenters. The number of nitrogens with zero attached hydrogens (tertiary/aromatic N) is 2. The van der Waals surface area contributed by atoms with E-state index in [-0.39, 0.29) is 13.2 Å². The number of aromatic nitrogens is 2. The van der Waals surface area contributed by atoms with Crippen molar-refractivity contribution in [1.82, 2.24) is 10.1 Å². The number of carbonyl (C=O) groups is 1. The number of fused-ring (bicyclic) bond motifs is 1. The van der Waals surface area contributed by atoms with E-state index in [1.807, 2.05) is 12.1 Å². The van der Waals surface area contributed by atoms with Crippen molar-refractivity contribution in [2.75, 3.05) is 13.2 Å². The number of benzene rings is 2. The molecule has 1 aromatic heterocycles. The lowest BCUT2D eigenvalue weighted by Gasteiger charge is -2.19. The lowest BCUT2D eigenvalue weighted by molar-refractivity contribution is 0.0471. The molecule has 0 fully saturated rings. The second kappa shape index (κ2) is 8.52. The first-order chi connectivity index (χ1) is 14.1. The number of aryl methyl sites for hydroxylation is 1. The molecule has 0 N–H and O–H groups in total. The first-order valence-electron chi connectivity index (χ1n) is 8.85. The normalized spacial score (nSPS) is 12.5. The van der Waals surface area contributed by atoms with Crippen molar-refractivity contribution in [2.24, 2.45) is 0 Å². The van der Waals surface area contributed by atoms with E-state index in [4.69, 9.17) is 23.5 Å². The summed E-state index contributed by atoms with van der Waals surface area (Å²) in [5.41, 5.74) is 1.21. The molecule has 0 radical (unpaired) electrons. The van der Waals surface area contributed by atoms with Gasteiger partial charge in [0.2, 0.25) is 11.7 Å². The summed E-state index contributed by atoms with van der Waals surface area (Å²) in [6, 6.07) is 10.3. The van der Waals surface area contributed by atoms with Gasteiger partial charge in [-0.05, 0) is 36.4 Å². The van der Waals surface area contributed by atoms with E-state index in [0.717, 1.165) is 10.0 Å². The van der Waals surface area contributed by atoms with Crippen LogP contribution in [0.2, 0.25) is 0 Å². The Morgan fingerprint density at radius 1 is 1.10 bits per heavy atom. The summed E-state index contributed by atoms with van der Waals surface area (Å²) in [5, 5.41) is 3.76. The second-order valence-corrected chi connectivity index (χ2v) is 7.06. The Morgan fingerprint density at radius 2 is 1.83 bits per heavy atom. The van der Waals surface area contributed by atoms with Crippen LogP contribution in [0, 0.1) is 6.92 Å². The SMILES string of the molecule is Cc1nc(COc2ccc(C(=O)OCc3cc4c(cc3Br)OCCO4)cc2)no1. The van der Waals surface area contributed by atoms with Crippen LogP contribution in [0.15, 0.2) is 45.4 Å². The average molecular weight is 461 g/mol. The molecule has 2 heterocycles. The lowest BCUT2D eigenvalue weighted by Crippen LogP contribution is -2.15. The molecule has 1 aliphatic heterocycles. The van der Waals surface area contributed by atoms with Crippen LogP contribution in [0.25, 0.3) is 0 Å². The first kappa shape index (κ1) is 19.3. The van der Waals surface area contributed by atoms with Gasteiger partial charge in [0.25, 0.3) is 0 Å². The molecule has 3 aromatic rings. The molecule has 0 aliphatic carbocycles. The van der Waals surface area contributed by atoms with Gasteiger partial charge in [-0.1, -0.05) is 21.1 Å². The van der Waals surface area contributed by atoms with Gasteiger partial charge in [0.05, 0.1) is 5.56 Å². The molecule has 0 bridgehead atoms. The zero-order valence-corrected chi connectivity index (χ0v) is 17.1. The number of esters is 1. The molecule has 4 rings (SSSR count). The van der Waals surface area contributed by atoms with Crippen LogP contribution in [0.3, 0.4) is 0 Å².